The van der Waals surface area contributed by atoms with Crippen LogP contribution in [0.2, 0.25) is 0 Å². The summed E-state index contributed by atoms with van der Waals surface area (Å²) in [6.07, 6.45) is 3.78. The first kappa shape index (κ1) is 21.6. The molecule has 2 amide bonds. The Hall–Kier alpha value is -3.66. The molecule has 32 heavy (non-hydrogen) atoms. The van der Waals surface area contributed by atoms with E-state index in [2.05, 4.69) is 0 Å². The Balaban J connectivity index is 1.83. The SMILES string of the molecule is CC(C)(C)OC(=O)N1C(=O)C(C/C=C/c2ccccc2)(c2ccccc2)c2ccccc21. The van der Waals surface area contributed by atoms with Crippen LogP contribution in [0.15, 0.2) is 91.0 Å². The Kier molecular flexibility index (Phi) is 5.70. The van der Waals surface area contributed by atoms with E-state index in [9.17, 15) is 9.59 Å². The number of allylic oxidation sites excluding steroid dienone is 1. The Morgan fingerprint density at radius 1 is 0.906 bits per heavy atom. The molecule has 1 aliphatic heterocycles. The van der Waals surface area contributed by atoms with Gasteiger partial charge in [-0.3, -0.25) is 4.79 Å². The fourth-order valence-corrected chi connectivity index (χ4v) is 4.19. The predicted molar refractivity (Wildman–Crippen MR) is 127 cm³/mol. The maximum absolute atomic E-state index is 14.0. The number of hydrogen-bond acceptors (Lipinski definition) is 3. The van der Waals surface area contributed by atoms with Crippen LogP contribution in [0.25, 0.3) is 6.08 Å². The standard InChI is InChI=1S/C28H27NO3/c1-27(2,3)32-26(31)29-24-19-11-10-18-23(24)28(25(29)30,22-16-8-5-9-17-22)20-12-15-21-13-6-4-7-14-21/h4-19H,20H2,1-3H3/b15-12+. The second kappa shape index (κ2) is 8.46. The quantitative estimate of drug-likeness (QED) is 0.489. The van der Waals surface area contributed by atoms with Crippen molar-refractivity contribution in [2.24, 2.45) is 0 Å². The molecule has 0 N–H and O–H groups in total. The van der Waals surface area contributed by atoms with Crippen molar-refractivity contribution in [1.82, 2.24) is 0 Å². The predicted octanol–water partition coefficient (Wildman–Crippen LogP) is 6.36. The molecule has 1 unspecified atom stereocenters. The second-order valence-electron chi connectivity index (χ2n) is 8.93. The van der Waals surface area contributed by atoms with Crippen molar-refractivity contribution in [3.8, 4) is 0 Å². The molecule has 3 aromatic rings. The van der Waals surface area contributed by atoms with Crippen molar-refractivity contribution in [1.29, 1.82) is 0 Å². The summed E-state index contributed by atoms with van der Waals surface area (Å²) in [5, 5.41) is 0. The van der Waals surface area contributed by atoms with E-state index in [1.807, 2.05) is 97.1 Å². The van der Waals surface area contributed by atoms with Gasteiger partial charge in [-0.15, -0.1) is 0 Å². The number of hydrogen-bond donors (Lipinski definition) is 0. The molecule has 0 saturated carbocycles. The van der Waals surface area contributed by atoms with Gasteiger partial charge >= 0.3 is 6.09 Å². The molecule has 162 valence electrons. The van der Waals surface area contributed by atoms with Gasteiger partial charge in [0, 0.05) is 0 Å². The topological polar surface area (TPSA) is 46.6 Å². The molecule has 1 aliphatic rings. The van der Waals surface area contributed by atoms with Crippen LogP contribution in [0.3, 0.4) is 0 Å². The number of anilines is 1. The van der Waals surface area contributed by atoms with Gasteiger partial charge in [0.05, 0.1) is 5.69 Å². The number of fused-ring (bicyclic) bond motifs is 1. The van der Waals surface area contributed by atoms with E-state index in [-0.39, 0.29) is 5.91 Å². The zero-order valence-electron chi connectivity index (χ0n) is 18.6. The third-order valence-corrected chi connectivity index (χ3v) is 5.55. The summed E-state index contributed by atoms with van der Waals surface area (Å²) < 4.78 is 5.60. The average Bonchev–Trinajstić information content (AvgIpc) is 3.03. The monoisotopic (exact) mass is 425 g/mol. The summed E-state index contributed by atoms with van der Waals surface area (Å²) in [4.78, 5) is 28.4. The zero-order chi connectivity index (χ0) is 22.8. The molecule has 1 heterocycles. The van der Waals surface area contributed by atoms with E-state index in [0.29, 0.717) is 12.1 Å². The number of amides is 2. The number of ether oxygens (including phenoxy) is 1. The van der Waals surface area contributed by atoms with Crippen LogP contribution in [0.1, 0.15) is 43.9 Å². The second-order valence-corrected chi connectivity index (χ2v) is 8.93. The molecule has 0 aromatic heterocycles. The Morgan fingerprint density at radius 3 is 2.16 bits per heavy atom. The van der Waals surface area contributed by atoms with E-state index in [0.717, 1.165) is 16.7 Å². The molecule has 0 saturated heterocycles. The van der Waals surface area contributed by atoms with Crippen molar-refractivity contribution >= 4 is 23.8 Å². The van der Waals surface area contributed by atoms with Crippen LogP contribution in [0, 0.1) is 0 Å². The van der Waals surface area contributed by atoms with E-state index in [4.69, 9.17) is 4.74 Å². The van der Waals surface area contributed by atoms with E-state index >= 15 is 0 Å². The maximum atomic E-state index is 14.0. The first-order valence-corrected chi connectivity index (χ1v) is 10.8. The van der Waals surface area contributed by atoms with Crippen molar-refractivity contribution in [3.63, 3.8) is 0 Å². The average molecular weight is 426 g/mol. The van der Waals surface area contributed by atoms with E-state index < -0.39 is 17.1 Å². The minimum Gasteiger partial charge on any atom is -0.443 e. The molecule has 1 atom stereocenters. The van der Waals surface area contributed by atoms with Gasteiger partial charge in [0.15, 0.2) is 0 Å². The summed E-state index contributed by atoms with van der Waals surface area (Å²) >= 11 is 0. The number of para-hydroxylation sites is 1. The highest BCUT2D eigenvalue weighted by Crippen LogP contribution is 2.49. The van der Waals surface area contributed by atoms with Gasteiger partial charge in [-0.2, -0.15) is 0 Å². The van der Waals surface area contributed by atoms with Crippen LogP contribution in [-0.2, 0) is 14.9 Å². The normalized spacial score (nSPS) is 18.1. The van der Waals surface area contributed by atoms with Crippen LogP contribution >= 0.6 is 0 Å². The van der Waals surface area contributed by atoms with Crippen molar-refractivity contribution in [2.45, 2.75) is 38.2 Å². The molecular formula is C28H27NO3. The molecule has 0 aliphatic carbocycles. The van der Waals surface area contributed by atoms with Crippen molar-refractivity contribution < 1.29 is 14.3 Å². The van der Waals surface area contributed by atoms with Crippen LogP contribution in [0.4, 0.5) is 10.5 Å². The van der Waals surface area contributed by atoms with Gasteiger partial charge in [-0.1, -0.05) is 91.0 Å². The zero-order valence-corrected chi connectivity index (χ0v) is 18.6. The van der Waals surface area contributed by atoms with Gasteiger partial charge in [0.2, 0.25) is 0 Å². The van der Waals surface area contributed by atoms with E-state index in [1.54, 1.807) is 20.8 Å². The number of carbonyl (C=O) groups excluding carboxylic acids is 2. The molecule has 0 bridgehead atoms. The summed E-state index contributed by atoms with van der Waals surface area (Å²) in [5.41, 5.74) is 1.56. The fraction of sp³-hybridized carbons (Fsp3) is 0.214. The smallest absolute Gasteiger partial charge is 0.421 e. The third kappa shape index (κ3) is 3.96. The highest BCUT2D eigenvalue weighted by Gasteiger charge is 2.54. The lowest BCUT2D eigenvalue weighted by atomic mass is 9.72. The first-order chi connectivity index (χ1) is 15.3. The summed E-state index contributed by atoms with van der Waals surface area (Å²) in [5.74, 6) is -0.295. The molecule has 4 nitrogen and oxygen atoms in total. The Morgan fingerprint density at radius 2 is 1.50 bits per heavy atom. The lowest BCUT2D eigenvalue weighted by Gasteiger charge is -2.29. The molecule has 4 heteroatoms. The highest BCUT2D eigenvalue weighted by atomic mass is 16.6. The molecule has 4 rings (SSSR count). The van der Waals surface area contributed by atoms with E-state index in [1.165, 1.54) is 4.90 Å². The lowest BCUT2D eigenvalue weighted by Crippen LogP contribution is -2.45. The minimum atomic E-state index is -1.01. The number of carbonyl (C=O) groups is 2. The highest BCUT2D eigenvalue weighted by molar-refractivity contribution is 6.22. The van der Waals surface area contributed by atoms with Gasteiger partial charge in [-0.05, 0) is 49.9 Å². The summed E-state index contributed by atoms with van der Waals surface area (Å²) in [6.45, 7) is 5.39. The fourth-order valence-electron chi connectivity index (χ4n) is 4.19. The summed E-state index contributed by atoms with van der Waals surface area (Å²) in [6, 6.07) is 27.1. The number of imide groups is 1. The lowest BCUT2D eigenvalue weighted by molar-refractivity contribution is -0.121. The van der Waals surface area contributed by atoms with Gasteiger partial charge in [0.1, 0.15) is 11.0 Å². The largest absolute Gasteiger partial charge is 0.443 e. The molecular weight excluding hydrogens is 398 g/mol. The Labute approximate surface area is 189 Å². The van der Waals surface area contributed by atoms with Crippen LogP contribution in [0.5, 0.6) is 0 Å². The number of nitrogens with zero attached hydrogens (tertiary/aromatic N) is 1. The first-order valence-electron chi connectivity index (χ1n) is 10.8. The Bertz CT molecular complexity index is 1150. The number of benzene rings is 3. The molecule has 3 aromatic carbocycles. The molecule has 0 radical (unpaired) electrons. The van der Waals surface area contributed by atoms with Gasteiger partial charge < -0.3 is 4.74 Å². The van der Waals surface area contributed by atoms with Crippen molar-refractivity contribution in [2.75, 3.05) is 4.90 Å². The minimum absolute atomic E-state index is 0.295. The van der Waals surface area contributed by atoms with Crippen molar-refractivity contribution in [3.05, 3.63) is 108 Å². The van der Waals surface area contributed by atoms with Gasteiger partial charge in [0.25, 0.3) is 5.91 Å². The van der Waals surface area contributed by atoms with Gasteiger partial charge in [-0.25, -0.2) is 9.69 Å². The van der Waals surface area contributed by atoms with Crippen LogP contribution in [-0.4, -0.2) is 17.6 Å². The summed E-state index contributed by atoms with van der Waals surface area (Å²) in [7, 11) is 0. The van der Waals surface area contributed by atoms with Crippen LogP contribution < -0.4 is 4.90 Å². The molecule has 0 fully saturated rings. The number of rotatable bonds is 4. The molecule has 0 spiro atoms. The maximum Gasteiger partial charge on any atom is 0.421 e. The third-order valence-electron chi connectivity index (χ3n) is 5.55.